The molecule has 6 heteroatoms. The van der Waals surface area contributed by atoms with Gasteiger partial charge in [-0.1, -0.05) is 36.8 Å². The summed E-state index contributed by atoms with van der Waals surface area (Å²) in [4.78, 5) is 19.8. The second kappa shape index (κ2) is 6.59. The topological polar surface area (TPSA) is 73.9 Å². The van der Waals surface area contributed by atoms with Crippen molar-refractivity contribution < 1.29 is 4.79 Å². The van der Waals surface area contributed by atoms with Crippen LogP contribution in [0.4, 0.5) is 0 Å². The van der Waals surface area contributed by atoms with E-state index in [4.69, 9.17) is 0 Å². The minimum atomic E-state index is -0.247. The Kier molecular flexibility index (Phi) is 4.29. The molecular formula is C19H25N5O. The molecule has 0 bridgehead atoms. The number of carbonyl (C=O) groups excluding carboxylic acids is 1. The van der Waals surface area contributed by atoms with Crippen LogP contribution < -0.4 is 5.32 Å². The van der Waals surface area contributed by atoms with Gasteiger partial charge in [-0.2, -0.15) is 5.10 Å². The van der Waals surface area contributed by atoms with E-state index in [1.54, 1.807) is 0 Å². The van der Waals surface area contributed by atoms with E-state index in [-0.39, 0.29) is 17.4 Å². The SMILES string of the molecule is C[C@H](NC(=O)[C@@]12CCC[C@@H]1CN(Cc1ccccc1)C2)c1ncn[nH]1. The van der Waals surface area contributed by atoms with Crippen molar-refractivity contribution in [2.45, 2.75) is 38.8 Å². The highest BCUT2D eigenvalue weighted by molar-refractivity contribution is 5.84. The van der Waals surface area contributed by atoms with Crippen molar-refractivity contribution in [1.29, 1.82) is 0 Å². The first-order valence-corrected chi connectivity index (χ1v) is 9.10. The van der Waals surface area contributed by atoms with Crippen molar-refractivity contribution in [3.05, 3.63) is 48.0 Å². The largest absolute Gasteiger partial charge is 0.346 e. The molecule has 1 saturated heterocycles. The second-order valence-corrected chi connectivity index (χ2v) is 7.47. The van der Waals surface area contributed by atoms with Crippen molar-refractivity contribution in [2.24, 2.45) is 11.3 Å². The standard InChI is InChI=1S/C19H25N5O/c1-14(17-20-13-21-23-17)22-18(25)19-9-5-8-16(19)11-24(12-19)10-15-6-3-2-4-7-15/h2-4,6-7,13-14,16H,5,8-12H2,1H3,(H,22,25)(H,20,21,23)/t14-,16+,19+/m0/s1. The van der Waals surface area contributed by atoms with Gasteiger partial charge < -0.3 is 5.32 Å². The zero-order valence-electron chi connectivity index (χ0n) is 14.6. The average molecular weight is 339 g/mol. The maximum atomic E-state index is 13.2. The maximum absolute atomic E-state index is 13.2. The number of nitrogens with zero attached hydrogens (tertiary/aromatic N) is 3. The number of fused-ring (bicyclic) bond motifs is 1. The Hall–Kier alpha value is -2.21. The van der Waals surface area contributed by atoms with Crippen LogP contribution >= 0.6 is 0 Å². The van der Waals surface area contributed by atoms with Crippen molar-refractivity contribution >= 4 is 5.91 Å². The zero-order valence-corrected chi connectivity index (χ0v) is 14.6. The first-order chi connectivity index (χ1) is 12.2. The van der Waals surface area contributed by atoms with Gasteiger partial charge in [0.1, 0.15) is 12.2 Å². The van der Waals surface area contributed by atoms with Crippen LogP contribution in [0, 0.1) is 11.3 Å². The number of likely N-dealkylation sites (tertiary alicyclic amines) is 1. The lowest BCUT2D eigenvalue weighted by Crippen LogP contribution is -2.45. The predicted molar refractivity (Wildman–Crippen MR) is 94.4 cm³/mol. The lowest BCUT2D eigenvalue weighted by molar-refractivity contribution is -0.132. The Morgan fingerprint density at radius 1 is 1.44 bits per heavy atom. The number of hydrogen-bond donors (Lipinski definition) is 2. The van der Waals surface area contributed by atoms with Crippen LogP contribution in [-0.2, 0) is 11.3 Å². The van der Waals surface area contributed by atoms with Gasteiger partial charge in [0.15, 0.2) is 0 Å². The number of aromatic amines is 1. The molecule has 2 aliphatic rings. The number of H-pyrrole nitrogens is 1. The third kappa shape index (κ3) is 3.06. The normalized spacial score (nSPS) is 27.2. The molecule has 1 saturated carbocycles. The van der Waals surface area contributed by atoms with Crippen molar-refractivity contribution in [3.8, 4) is 0 Å². The third-order valence-electron chi connectivity index (χ3n) is 5.83. The van der Waals surface area contributed by atoms with Crippen molar-refractivity contribution in [1.82, 2.24) is 25.4 Å². The lowest BCUT2D eigenvalue weighted by atomic mass is 9.79. The molecule has 25 heavy (non-hydrogen) atoms. The van der Waals surface area contributed by atoms with Crippen LogP contribution in [0.25, 0.3) is 0 Å². The molecule has 1 aliphatic carbocycles. The van der Waals surface area contributed by atoms with E-state index in [1.165, 1.54) is 11.9 Å². The van der Waals surface area contributed by atoms with E-state index >= 15 is 0 Å². The van der Waals surface area contributed by atoms with E-state index in [2.05, 4.69) is 49.7 Å². The molecule has 2 aromatic rings. The summed E-state index contributed by atoms with van der Waals surface area (Å²) in [7, 11) is 0. The number of hydrogen-bond acceptors (Lipinski definition) is 4. The molecule has 0 radical (unpaired) electrons. The molecule has 2 heterocycles. The van der Waals surface area contributed by atoms with Gasteiger partial charge >= 0.3 is 0 Å². The van der Waals surface area contributed by atoms with Crippen LogP contribution in [0.5, 0.6) is 0 Å². The smallest absolute Gasteiger partial charge is 0.228 e. The highest BCUT2D eigenvalue weighted by atomic mass is 16.2. The van der Waals surface area contributed by atoms with Crippen LogP contribution in [0.1, 0.15) is 43.6 Å². The summed E-state index contributed by atoms with van der Waals surface area (Å²) < 4.78 is 0. The van der Waals surface area contributed by atoms with Crippen molar-refractivity contribution in [3.63, 3.8) is 0 Å². The number of aromatic nitrogens is 3. The molecule has 2 N–H and O–H groups in total. The first-order valence-electron chi connectivity index (χ1n) is 9.10. The molecule has 0 spiro atoms. The number of rotatable bonds is 5. The highest BCUT2D eigenvalue weighted by Crippen LogP contribution is 2.49. The Bertz CT molecular complexity index is 717. The van der Waals surface area contributed by atoms with E-state index in [0.717, 1.165) is 38.9 Å². The second-order valence-electron chi connectivity index (χ2n) is 7.47. The molecule has 0 unspecified atom stereocenters. The number of carbonyl (C=O) groups is 1. The Morgan fingerprint density at radius 3 is 3.04 bits per heavy atom. The van der Waals surface area contributed by atoms with Gasteiger partial charge in [0.05, 0.1) is 11.5 Å². The van der Waals surface area contributed by atoms with Crippen LogP contribution in [-0.4, -0.2) is 39.1 Å². The maximum Gasteiger partial charge on any atom is 0.228 e. The number of benzene rings is 1. The molecule has 4 rings (SSSR count). The van der Waals surface area contributed by atoms with Gasteiger partial charge in [0, 0.05) is 19.6 Å². The van der Waals surface area contributed by atoms with E-state index in [9.17, 15) is 4.79 Å². The number of amides is 1. The van der Waals surface area contributed by atoms with Gasteiger partial charge in [-0.05, 0) is 31.2 Å². The summed E-state index contributed by atoms with van der Waals surface area (Å²) in [6.45, 7) is 4.74. The zero-order chi connectivity index (χ0) is 17.3. The Balaban J connectivity index is 1.46. The van der Waals surface area contributed by atoms with Crippen LogP contribution in [0.2, 0.25) is 0 Å². The Labute approximate surface area is 148 Å². The molecule has 6 nitrogen and oxygen atoms in total. The minimum absolute atomic E-state index is 0.145. The fraction of sp³-hybridized carbons (Fsp3) is 0.526. The molecule has 1 aromatic heterocycles. The molecule has 1 amide bonds. The minimum Gasteiger partial charge on any atom is -0.346 e. The fourth-order valence-electron chi connectivity index (χ4n) is 4.56. The monoisotopic (exact) mass is 339 g/mol. The van der Waals surface area contributed by atoms with E-state index in [0.29, 0.717) is 11.7 Å². The summed E-state index contributed by atoms with van der Waals surface area (Å²) in [6, 6.07) is 10.4. The van der Waals surface area contributed by atoms with Gasteiger partial charge in [-0.3, -0.25) is 14.8 Å². The molecule has 3 atom stereocenters. The molecular weight excluding hydrogens is 314 g/mol. The quantitative estimate of drug-likeness (QED) is 0.876. The van der Waals surface area contributed by atoms with Gasteiger partial charge in [0.2, 0.25) is 5.91 Å². The summed E-state index contributed by atoms with van der Waals surface area (Å²) >= 11 is 0. The molecule has 1 aliphatic heterocycles. The average Bonchev–Trinajstić information content (AvgIpc) is 3.31. The lowest BCUT2D eigenvalue weighted by Gasteiger charge is -2.29. The van der Waals surface area contributed by atoms with Crippen LogP contribution in [0.15, 0.2) is 36.7 Å². The summed E-state index contributed by atoms with van der Waals surface area (Å²) in [6.07, 6.45) is 4.76. The first kappa shape index (κ1) is 16.3. The third-order valence-corrected chi connectivity index (χ3v) is 5.83. The summed E-state index contributed by atoms with van der Waals surface area (Å²) in [5.41, 5.74) is 1.07. The summed E-state index contributed by atoms with van der Waals surface area (Å²) in [5, 5.41) is 9.89. The van der Waals surface area contributed by atoms with E-state index < -0.39 is 0 Å². The molecule has 2 fully saturated rings. The van der Waals surface area contributed by atoms with Gasteiger partial charge in [0.25, 0.3) is 0 Å². The highest BCUT2D eigenvalue weighted by Gasteiger charge is 2.54. The molecule has 1 aromatic carbocycles. The Morgan fingerprint density at radius 2 is 2.28 bits per heavy atom. The number of nitrogens with one attached hydrogen (secondary N) is 2. The van der Waals surface area contributed by atoms with Gasteiger partial charge in [-0.25, -0.2) is 4.98 Å². The summed E-state index contributed by atoms with van der Waals surface area (Å²) in [5.74, 6) is 1.34. The molecule has 132 valence electrons. The van der Waals surface area contributed by atoms with E-state index in [1.807, 2.05) is 13.0 Å². The predicted octanol–water partition coefficient (Wildman–Crippen LogP) is 2.28. The van der Waals surface area contributed by atoms with Crippen molar-refractivity contribution in [2.75, 3.05) is 13.1 Å². The van der Waals surface area contributed by atoms with Crippen LogP contribution in [0.3, 0.4) is 0 Å². The van der Waals surface area contributed by atoms with Gasteiger partial charge in [-0.15, -0.1) is 0 Å². The fourth-order valence-corrected chi connectivity index (χ4v) is 4.56.